The van der Waals surface area contributed by atoms with Crippen LogP contribution in [0.25, 0.3) is 5.57 Å². The maximum atomic E-state index is 12.5. The maximum absolute atomic E-state index is 12.5. The van der Waals surface area contributed by atoms with Gasteiger partial charge >= 0.3 is 5.97 Å². The minimum atomic E-state index is -0.486. The number of hydrogen-bond acceptors (Lipinski definition) is 3. The number of benzene rings is 1. The van der Waals surface area contributed by atoms with E-state index in [0.717, 1.165) is 38.0 Å². The molecule has 0 spiro atoms. The molecular formula is C33H47NO2S. The first-order valence-electron chi connectivity index (χ1n) is 14.9. The van der Waals surface area contributed by atoms with Crippen LogP contribution < -0.4 is 4.72 Å². The molecule has 0 radical (unpaired) electrons. The van der Waals surface area contributed by atoms with Crippen LogP contribution in [0, 0.1) is 51.2 Å². The highest BCUT2D eigenvalue weighted by atomic mass is 32.2. The van der Waals surface area contributed by atoms with E-state index in [4.69, 9.17) is 0 Å². The van der Waals surface area contributed by atoms with E-state index in [1.165, 1.54) is 48.9 Å². The van der Waals surface area contributed by atoms with Gasteiger partial charge in [-0.2, -0.15) is 0 Å². The molecule has 8 atom stereocenters. The summed E-state index contributed by atoms with van der Waals surface area (Å²) in [6, 6.07) is 9.00. The second-order valence-electron chi connectivity index (χ2n) is 14.4. The highest BCUT2D eigenvalue weighted by Crippen LogP contribution is 2.73. The van der Waals surface area contributed by atoms with Crippen molar-refractivity contribution in [3.05, 3.63) is 35.9 Å². The Morgan fingerprint density at radius 2 is 1.76 bits per heavy atom. The van der Waals surface area contributed by atoms with E-state index >= 15 is 0 Å². The Morgan fingerprint density at radius 1 is 0.946 bits per heavy atom. The molecule has 3 nitrogen and oxygen atoms in total. The lowest BCUT2D eigenvalue weighted by Gasteiger charge is -2.68. The Hall–Kier alpha value is -1.42. The number of nitrogens with one attached hydrogen (secondary N) is 1. The fourth-order valence-electron chi connectivity index (χ4n) is 11.6. The monoisotopic (exact) mass is 521 g/mol. The second-order valence-corrected chi connectivity index (χ2v) is 15.0. The van der Waals surface area contributed by atoms with Gasteiger partial charge in [-0.25, -0.2) is 0 Å². The fourth-order valence-corrected chi connectivity index (χ4v) is 11.9. The van der Waals surface area contributed by atoms with Crippen molar-refractivity contribution < 1.29 is 9.90 Å². The number of allylic oxidation sites excluding steroid dienone is 2. The van der Waals surface area contributed by atoms with Gasteiger partial charge in [0.05, 0.1) is 5.41 Å². The zero-order chi connectivity index (χ0) is 26.2. The summed E-state index contributed by atoms with van der Waals surface area (Å²) in [5.41, 5.74) is 4.50. The Kier molecular flexibility index (Phi) is 6.14. The molecule has 1 aromatic rings. The summed E-state index contributed by atoms with van der Waals surface area (Å²) < 4.78 is 3.42. The Bertz CT molecular complexity index is 1110. The van der Waals surface area contributed by atoms with E-state index in [1.807, 2.05) is 0 Å². The molecule has 0 heterocycles. The third kappa shape index (κ3) is 3.56. The lowest BCUT2D eigenvalue weighted by atomic mass is 9.36. The molecule has 0 saturated heterocycles. The molecular weight excluding hydrogens is 474 g/mol. The molecule has 4 saturated carbocycles. The van der Waals surface area contributed by atoms with E-state index in [2.05, 4.69) is 69.0 Å². The van der Waals surface area contributed by atoms with Crippen LogP contribution in [-0.2, 0) is 4.79 Å². The summed E-state index contributed by atoms with van der Waals surface area (Å²) in [6.45, 7) is 10.3. The van der Waals surface area contributed by atoms with E-state index in [0.29, 0.717) is 34.5 Å². The van der Waals surface area contributed by atoms with Crippen LogP contribution in [-0.4, -0.2) is 17.3 Å². The highest BCUT2D eigenvalue weighted by Gasteiger charge is 2.66. The first kappa shape index (κ1) is 25.8. The van der Waals surface area contributed by atoms with Gasteiger partial charge in [0.15, 0.2) is 0 Å². The van der Waals surface area contributed by atoms with Crippen molar-refractivity contribution in [2.45, 2.75) is 91.9 Å². The lowest BCUT2D eigenvalue weighted by molar-refractivity contribution is -0.187. The maximum Gasteiger partial charge on any atom is 0.309 e. The van der Waals surface area contributed by atoms with Gasteiger partial charge in [-0.05, 0) is 127 Å². The van der Waals surface area contributed by atoms with Crippen molar-refractivity contribution in [1.29, 1.82) is 0 Å². The van der Waals surface area contributed by atoms with Crippen molar-refractivity contribution in [3.63, 3.8) is 0 Å². The molecule has 5 aliphatic rings. The zero-order valence-electron chi connectivity index (χ0n) is 23.6. The Morgan fingerprint density at radius 3 is 2.51 bits per heavy atom. The fraction of sp³-hybridized carbons (Fsp3) is 0.727. The number of carboxylic acid groups (broad SMARTS) is 1. The van der Waals surface area contributed by atoms with Crippen LogP contribution in [0.3, 0.4) is 0 Å². The van der Waals surface area contributed by atoms with E-state index < -0.39 is 11.4 Å². The number of anilines is 1. The van der Waals surface area contributed by atoms with E-state index in [9.17, 15) is 9.90 Å². The predicted molar refractivity (Wildman–Crippen MR) is 155 cm³/mol. The molecule has 0 aliphatic heterocycles. The molecule has 5 aliphatic carbocycles. The molecule has 202 valence electrons. The molecule has 0 aromatic heterocycles. The highest BCUT2D eigenvalue weighted by molar-refractivity contribution is 7.99. The van der Waals surface area contributed by atoms with E-state index in [1.54, 1.807) is 11.9 Å². The van der Waals surface area contributed by atoms with Crippen molar-refractivity contribution in [3.8, 4) is 0 Å². The summed E-state index contributed by atoms with van der Waals surface area (Å²) in [5.74, 6) is 2.69. The third-order valence-corrected chi connectivity index (χ3v) is 13.3. The van der Waals surface area contributed by atoms with Crippen molar-refractivity contribution >= 4 is 29.2 Å². The SMILES string of the molecule is CSNc1cccc(C2=CC[C@@]3(C)C(CC[C@@]4(C)C5CC[C@@]6(C(=O)O)CCCC6[C@H]5CCC43)C2(C)C)c1. The summed E-state index contributed by atoms with van der Waals surface area (Å²) in [7, 11) is 0. The topological polar surface area (TPSA) is 49.3 Å². The minimum absolute atomic E-state index is 0.139. The first-order valence-corrected chi connectivity index (χ1v) is 16.1. The number of rotatable bonds is 4. The van der Waals surface area contributed by atoms with Crippen molar-refractivity contribution in [1.82, 2.24) is 0 Å². The summed E-state index contributed by atoms with van der Waals surface area (Å²) >= 11 is 1.65. The van der Waals surface area contributed by atoms with Crippen LogP contribution in [0.5, 0.6) is 0 Å². The largest absolute Gasteiger partial charge is 0.481 e. The third-order valence-electron chi connectivity index (χ3n) is 12.9. The van der Waals surface area contributed by atoms with Crippen molar-refractivity contribution in [2.24, 2.45) is 51.2 Å². The number of fused-ring (bicyclic) bond motifs is 7. The van der Waals surface area contributed by atoms with Gasteiger partial charge in [0.25, 0.3) is 0 Å². The minimum Gasteiger partial charge on any atom is -0.481 e. The second kappa shape index (κ2) is 8.80. The smallest absolute Gasteiger partial charge is 0.309 e. The molecule has 0 bridgehead atoms. The molecule has 4 unspecified atom stereocenters. The molecule has 6 rings (SSSR count). The van der Waals surface area contributed by atoms with Gasteiger partial charge in [-0.15, -0.1) is 0 Å². The number of aliphatic carboxylic acids is 1. The molecule has 4 fully saturated rings. The number of hydrogen-bond donors (Lipinski definition) is 2. The Labute approximate surface area is 228 Å². The van der Waals surface area contributed by atoms with Gasteiger partial charge in [0.2, 0.25) is 0 Å². The standard InChI is InChI=1S/C33H47NO2S/c1-30(2)24(21-8-6-9-22(20-21)34-37-5)13-17-32(4)27(30)15-18-31(3)25-14-19-33(29(35)36)16-7-10-26(33)23(25)11-12-28(31)32/h6,8-9,13,20,23,25-28,34H,7,10-12,14-19H2,1-5H3,(H,35,36)/t23-,25?,26?,27?,28?,31-,32-,33-/m0/s1. The number of carbonyl (C=O) groups is 1. The molecule has 0 amide bonds. The number of carboxylic acids is 1. The average Bonchev–Trinajstić information content (AvgIpc) is 3.30. The summed E-state index contributed by atoms with van der Waals surface area (Å²) in [4.78, 5) is 12.5. The zero-order valence-corrected chi connectivity index (χ0v) is 24.4. The molecule has 4 heteroatoms. The van der Waals surface area contributed by atoms with E-state index in [-0.39, 0.29) is 5.41 Å². The predicted octanol–water partition coefficient (Wildman–Crippen LogP) is 8.92. The Balaban J connectivity index is 1.32. The van der Waals surface area contributed by atoms with Crippen molar-refractivity contribution in [2.75, 3.05) is 11.0 Å². The summed E-state index contributed by atoms with van der Waals surface area (Å²) in [5, 5.41) is 10.3. The van der Waals surface area contributed by atoms with Crippen LogP contribution >= 0.6 is 11.9 Å². The van der Waals surface area contributed by atoms with Crippen LogP contribution in [0.1, 0.15) is 97.5 Å². The van der Waals surface area contributed by atoms with Gasteiger partial charge < -0.3 is 9.83 Å². The van der Waals surface area contributed by atoms with Gasteiger partial charge in [0, 0.05) is 11.9 Å². The molecule has 2 N–H and O–H groups in total. The molecule has 1 aromatic carbocycles. The first-order chi connectivity index (χ1) is 17.6. The summed E-state index contributed by atoms with van der Waals surface area (Å²) in [6.07, 6.45) is 16.3. The van der Waals surface area contributed by atoms with Gasteiger partial charge in [0.1, 0.15) is 0 Å². The van der Waals surface area contributed by atoms with Crippen LogP contribution in [0.15, 0.2) is 30.3 Å². The van der Waals surface area contributed by atoms with Crippen LogP contribution in [0.4, 0.5) is 5.69 Å². The quantitative estimate of drug-likeness (QED) is 0.388. The van der Waals surface area contributed by atoms with Gasteiger partial charge in [-0.3, -0.25) is 4.79 Å². The molecule has 37 heavy (non-hydrogen) atoms. The average molecular weight is 522 g/mol. The van der Waals surface area contributed by atoms with Gasteiger partial charge in [-0.1, -0.05) is 64.3 Å². The lowest BCUT2D eigenvalue weighted by Crippen LogP contribution is -2.61. The van der Waals surface area contributed by atoms with Crippen LogP contribution in [0.2, 0.25) is 0 Å². The normalized spacial score (nSPS) is 44.0.